The van der Waals surface area contributed by atoms with Crippen molar-refractivity contribution >= 4 is 34.9 Å². The maximum Gasteiger partial charge on any atom is 0.269 e. The maximum atomic E-state index is 12.5. The number of amidine groups is 1. The number of nitro groups is 1. The van der Waals surface area contributed by atoms with Gasteiger partial charge in [0.1, 0.15) is 11.1 Å². The second-order valence-electron chi connectivity index (χ2n) is 4.76. The predicted molar refractivity (Wildman–Crippen MR) is 88.3 cm³/mol. The zero-order valence-electron chi connectivity index (χ0n) is 11.8. The Kier molecular flexibility index (Phi) is 3.98. The molecule has 2 aromatic carbocycles. The van der Waals surface area contributed by atoms with Gasteiger partial charge in [-0.05, 0) is 24.3 Å². The van der Waals surface area contributed by atoms with Crippen LogP contribution in [-0.4, -0.2) is 21.9 Å². The number of non-ortho nitro benzene ring substituents is 1. The van der Waals surface area contributed by atoms with E-state index in [1.54, 1.807) is 24.3 Å². The molecular formula is C15H12N4O3S. The summed E-state index contributed by atoms with van der Waals surface area (Å²) in [5.74, 6) is -0.0285. The third-order valence-electron chi connectivity index (χ3n) is 3.22. The summed E-state index contributed by atoms with van der Waals surface area (Å²) < 4.78 is 0. The molecule has 0 aliphatic carbocycles. The Hall–Kier alpha value is -2.87. The van der Waals surface area contributed by atoms with E-state index >= 15 is 0 Å². The fourth-order valence-electron chi connectivity index (χ4n) is 2.10. The molecule has 23 heavy (non-hydrogen) atoms. The van der Waals surface area contributed by atoms with Gasteiger partial charge in [-0.3, -0.25) is 14.9 Å². The number of carbonyl (C=O) groups is 1. The number of rotatable bonds is 4. The first-order valence-electron chi connectivity index (χ1n) is 6.70. The van der Waals surface area contributed by atoms with Gasteiger partial charge in [0.25, 0.3) is 11.6 Å². The molecule has 0 aromatic heterocycles. The highest BCUT2D eigenvalue weighted by Crippen LogP contribution is 2.31. The van der Waals surface area contributed by atoms with Crippen molar-refractivity contribution in [2.24, 2.45) is 10.8 Å². The van der Waals surface area contributed by atoms with Gasteiger partial charge in [-0.1, -0.05) is 18.2 Å². The highest BCUT2D eigenvalue weighted by molar-refractivity contribution is 8.01. The molecule has 1 atom stereocenters. The van der Waals surface area contributed by atoms with Crippen LogP contribution in [0.5, 0.6) is 0 Å². The molecule has 1 heterocycles. The van der Waals surface area contributed by atoms with Gasteiger partial charge in [0, 0.05) is 17.0 Å². The number of hydrazone groups is 1. The molecule has 8 heteroatoms. The van der Waals surface area contributed by atoms with Crippen molar-refractivity contribution in [3.8, 4) is 0 Å². The van der Waals surface area contributed by atoms with E-state index in [1.165, 1.54) is 28.9 Å². The van der Waals surface area contributed by atoms with Gasteiger partial charge >= 0.3 is 0 Å². The molecular weight excluding hydrogens is 316 g/mol. The van der Waals surface area contributed by atoms with E-state index in [0.29, 0.717) is 10.6 Å². The largest absolute Gasteiger partial charge is 0.384 e. The lowest BCUT2D eigenvalue weighted by Gasteiger charge is -2.13. The smallest absolute Gasteiger partial charge is 0.269 e. The summed E-state index contributed by atoms with van der Waals surface area (Å²) in [5.41, 5.74) is 6.53. The second-order valence-corrected chi connectivity index (χ2v) is 5.94. The molecule has 2 aromatic rings. The van der Waals surface area contributed by atoms with Crippen LogP contribution in [0, 0.1) is 10.1 Å². The van der Waals surface area contributed by atoms with Crippen LogP contribution in [0.4, 0.5) is 11.4 Å². The predicted octanol–water partition coefficient (Wildman–Crippen LogP) is 2.37. The molecule has 0 unspecified atom stereocenters. The van der Waals surface area contributed by atoms with Crippen molar-refractivity contribution in [1.82, 2.24) is 0 Å². The molecule has 1 amide bonds. The Bertz CT molecular complexity index is 777. The number of anilines is 1. The van der Waals surface area contributed by atoms with Crippen LogP contribution in [0.3, 0.4) is 0 Å². The monoisotopic (exact) mass is 328 g/mol. The van der Waals surface area contributed by atoms with Crippen molar-refractivity contribution in [2.75, 3.05) is 5.01 Å². The number of benzene rings is 2. The fraction of sp³-hybridized carbons (Fsp3) is 0.0667. The SMILES string of the molecule is NC1=NN(c2ccccc2)C(=O)[C@H]1Sc1ccc([N+](=O)[O-])cc1. The van der Waals surface area contributed by atoms with E-state index < -0.39 is 10.2 Å². The van der Waals surface area contributed by atoms with Crippen LogP contribution in [0.25, 0.3) is 0 Å². The van der Waals surface area contributed by atoms with E-state index in [-0.39, 0.29) is 17.4 Å². The molecule has 0 fully saturated rings. The van der Waals surface area contributed by atoms with Gasteiger partial charge in [0.2, 0.25) is 0 Å². The first-order chi connectivity index (χ1) is 11.1. The average Bonchev–Trinajstić information content (AvgIpc) is 2.84. The Labute approximate surface area is 135 Å². The first kappa shape index (κ1) is 15.0. The lowest BCUT2D eigenvalue weighted by Crippen LogP contribution is -2.32. The minimum Gasteiger partial charge on any atom is -0.384 e. The summed E-state index contributed by atoms with van der Waals surface area (Å²) in [5, 5.41) is 15.4. The van der Waals surface area contributed by atoms with Crippen molar-refractivity contribution in [3.05, 3.63) is 64.7 Å². The Morgan fingerprint density at radius 1 is 1.13 bits per heavy atom. The highest BCUT2D eigenvalue weighted by Gasteiger charge is 2.36. The van der Waals surface area contributed by atoms with Crippen molar-refractivity contribution in [2.45, 2.75) is 10.1 Å². The van der Waals surface area contributed by atoms with Gasteiger partial charge in [-0.25, -0.2) is 0 Å². The van der Waals surface area contributed by atoms with E-state index in [0.717, 1.165) is 0 Å². The number of nitrogens with zero attached hydrogens (tertiary/aromatic N) is 3. The van der Waals surface area contributed by atoms with Crippen LogP contribution in [-0.2, 0) is 4.79 Å². The average molecular weight is 328 g/mol. The third kappa shape index (κ3) is 3.02. The Morgan fingerprint density at radius 2 is 1.78 bits per heavy atom. The first-order valence-corrected chi connectivity index (χ1v) is 7.58. The Morgan fingerprint density at radius 3 is 2.39 bits per heavy atom. The minimum absolute atomic E-state index is 0.000324. The molecule has 1 aliphatic rings. The van der Waals surface area contributed by atoms with Crippen LogP contribution in [0.1, 0.15) is 0 Å². The van der Waals surface area contributed by atoms with E-state index in [4.69, 9.17) is 5.73 Å². The summed E-state index contributed by atoms with van der Waals surface area (Å²) in [6.45, 7) is 0. The highest BCUT2D eigenvalue weighted by atomic mass is 32.2. The standard InChI is InChI=1S/C15H12N4O3S/c16-14-13(23-12-8-6-11(7-9-12)19(21)22)15(20)18(17-14)10-4-2-1-3-5-10/h1-9,13H,(H2,16,17)/t13-/m0/s1. The van der Waals surface area contributed by atoms with Crippen LogP contribution < -0.4 is 10.7 Å². The Balaban J connectivity index is 1.78. The fourth-order valence-corrected chi connectivity index (χ4v) is 3.04. The molecule has 1 aliphatic heterocycles. The normalized spacial score (nSPS) is 17.2. The molecule has 7 nitrogen and oxygen atoms in total. The number of thioether (sulfide) groups is 1. The second kappa shape index (κ2) is 6.09. The van der Waals surface area contributed by atoms with Gasteiger partial charge in [0.15, 0.2) is 0 Å². The minimum atomic E-state index is -0.642. The molecule has 2 N–H and O–H groups in total. The van der Waals surface area contributed by atoms with E-state index in [1.807, 2.05) is 18.2 Å². The lowest BCUT2D eigenvalue weighted by molar-refractivity contribution is -0.384. The molecule has 0 saturated heterocycles. The van der Waals surface area contributed by atoms with Crippen LogP contribution in [0.2, 0.25) is 0 Å². The molecule has 0 bridgehead atoms. The van der Waals surface area contributed by atoms with Gasteiger partial charge in [-0.15, -0.1) is 11.8 Å². The van der Waals surface area contributed by atoms with Crippen molar-refractivity contribution < 1.29 is 9.72 Å². The van der Waals surface area contributed by atoms with Gasteiger partial charge < -0.3 is 5.73 Å². The summed E-state index contributed by atoms with van der Waals surface area (Å²) in [4.78, 5) is 23.4. The van der Waals surface area contributed by atoms with E-state index in [2.05, 4.69) is 5.10 Å². The van der Waals surface area contributed by atoms with Crippen LogP contribution >= 0.6 is 11.8 Å². The van der Waals surface area contributed by atoms with Crippen molar-refractivity contribution in [1.29, 1.82) is 0 Å². The number of amides is 1. The topological polar surface area (TPSA) is 102 Å². The lowest BCUT2D eigenvalue weighted by atomic mass is 10.3. The summed E-state index contributed by atoms with van der Waals surface area (Å²) in [7, 11) is 0. The summed E-state index contributed by atoms with van der Waals surface area (Å²) in [6, 6.07) is 15.0. The van der Waals surface area contributed by atoms with E-state index in [9.17, 15) is 14.9 Å². The number of hydrogen-bond donors (Lipinski definition) is 1. The van der Waals surface area contributed by atoms with Gasteiger partial charge in [0.05, 0.1) is 10.6 Å². The third-order valence-corrected chi connectivity index (χ3v) is 4.44. The quantitative estimate of drug-likeness (QED) is 0.686. The number of hydrogen-bond acceptors (Lipinski definition) is 6. The molecule has 3 rings (SSSR count). The molecule has 0 spiro atoms. The molecule has 0 saturated carbocycles. The maximum absolute atomic E-state index is 12.5. The van der Waals surface area contributed by atoms with Crippen molar-refractivity contribution in [3.63, 3.8) is 0 Å². The zero-order valence-corrected chi connectivity index (χ0v) is 12.6. The number of nitrogens with two attached hydrogens (primary N) is 1. The number of para-hydroxylation sites is 1. The number of carbonyl (C=O) groups excluding carboxylic acids is 1. The van der Waals surface area contributed by atoms with Gasteiger partial charge in [-0.2, -0.15) is 10.1 Å². The zero-order chi connectivity index (χ0) is 16.4. The summed E-state index contributed by atoms with van der Waals surface area (Å²) in [6.07, 6.45) is 0. The molecule has 0 radical (unpaired) electrons. The van der Waals surface area contributed by atoms with Crippen LogP contribution in [0.15, 0.2) is 64.6 Å². The summed E-state index contributed by atoms with van der Waals surface area (Å²) >= 11 is 1.22. The molecule has 116 valence electrons. The number of nitro benzene ring substituents is 1.